The van der Waals surface area contributed by atoms with Crippen molar-refractivity contribution in [1.29, 1.82) is 0 Å². The molecule has 1 N–H and O–H groups in total. The number of amides is 1. The Bertz CT molecular complexity index is 376. The van der Waals surface area contributed by atoms with Crippen molar-refractivity contribution in [2.75, 3.05) is 13.1 Å². The molecule has 4 nitrogen and oxygen atoms in total. The van der Waals surface area contributed by atoms with E-state index >= 15 is 0 Å². The lowest BCUT2D eigenvalue weighted by Crippen LogP contribution is -2.71. The average Bonchev–Trinajstić information content (AvgIpc) is 2.80. The Kier molecular flexibility index (Phi) is 2.04. The molecule has 2 heterocycles. The van der Waals surface area contributed by atoms with Gasteiger partial charge in [-0.3, -0.25) is 4.90 Å². The maximum Gasteiger partial charge on any atom is 0.408 e. The van der Waals surface area contributed by atoms with Crippen LogP contribution in [0.25, 0.3) is 0 Å². The van der Waals surface area contributed by atoms with Crippen LogP contribution in [0.5, 0.6) is 0 Å². The van der Waals surface area contributed by atoms with Crippen molar-refractivity contribution in [3.8, 4) is 0 Å². The first-order valence-electron chi connectivity index (χ1n) is 6.06. The van der Waals surface area contributed by atoms with E-state index in [0.29, 0.717) is 25.9 Å². The molecule has 3 fully saturated rings. The number of fused-ring (bicyclic) bond motifs is 1. The third-order valence-electron chi connectivity index (χ3n) is 4.73. The number of hydrogen-bond donors (Lipinski definition) is 1. The first-order valence-corrected chi connectivity index (χ1v) is 6.06. The normalized spacial score (nSPS) is 48.8. The Morgan fingerprint density at radius 1 is 1.59 bits per heavy atom. The van der Waals surface area contributed by atoms with Crippen LogP contribution in [-0.2, 0) is 0 Å². The highest BCUT2D eigenvalue weighted by atomic mass is 19.2. The maximum atomic E-state index is 14.1. The van der Waals surface area contributed by atoms with Crippen molar-refractivity contribution in [3.05, 3.63) is 0 Å². The molecule has 0 aromatic rings. The summed E-state index contributed by atoms with van der Waals surface area (Å²) in [6, 6.07) is 0. The molecule has 6 heteroatoms. The molecule has 0 aromatic carbocycles. The highest BCUT2D eigenvalue weighted by molar-refractivity contribution is 5.67. The van der Waals surface area contributed by atoms with Crippen LogP contribution in [0.15, 0.2) is 0 Å². The molecule has 2 aliphatic heterocycles. The lowest BCUT2D eigenvalue weighted by atomic mass is 9.89. The quantitative estimate of drug-likeness (QED) is 0.756. The Balaban J connectivity index is 1.85. The largest absolute Gasteiger partial charge is 0.465 e. The second-order valence-corrected chi connectivity index (χ2v) is 5.34. The monoisotopic (exact) mass is 246 g/mol. The highest BCUT2D eigenvalue weighted by Crippen LogP contribution is 2.60. The van der Waals surface area contributed by atoms with Gasteiger partial charge in [-0.2, -0.15) is 0 Å². The summed E-state index contributed by atoms with van der Waals surface area (Å²) < 4.78 is 28.0. The van der Waals surface area contributed by atoms with Crippen LogP contribution in [0.3, 0.4) is 0 Å². The number of carboxylic acid groups (broad SMARTS) is 1. The van der Waals surface area contributed by atoms with Gasteiger partial charge in [0.2, 0.25) is 0 Å². The number of hydrogen-bond acceptors (Lipinski definition) is 2. The number of rotatable bonds is 2. The molecule has 1 amide bonds. The van der Waals surface area contributed by atoms with Crippen LogP contribution >= 0.6 is 0 Å². The van der Waals surface area contributed by atoms with E-state index in [-0.39, 0.29) is 12.3 Å². The van der Waals surface area contributed by atoms with E-state index in [9.17, 15) is 13.6 Å². The van der Waals surface area contributed by atoms with E-state index in [1.807, 2.05) is 6.92 Å². The lowest BCUT2D eigenvalue weighted by Gasteiger charge is -2.56. The zero-order valence-corrected chi connectivity index (χ0v) is 9.70. The molecule has 3 aliphatic rings. The predicted molar refractivity (Wildman–Crippen MR) is 55.9 cm³/mol. The standard InChI is InChI=1S/C11H16F2N2O2/c1-2-10(3-4-14(10)9(16)17)15-6-7-5-11(7,13)8(15)12/h7-8H,2-6H2,1H3,(H,16,17). The van der Waals surface area contributed by atoms with Gasteiger partial charge < -0.3 is 5.11 Å². The minimum absolute atomic E-state index is 0.239. The molecule has 0 radical (unpaired) electrons. The van der Waals surface area contributed by atoms with Gasteiger partial charge in [0.15, 0.2) is 12.0 Å². The summed E-state index contributed by atoms with van der Waals surface area (Å²) >= 11 is 0. The van der Waals surface area contributed by atoms with Crippen LogP contribution in [0, 0.1) is 5.92 Å². The lowest BCUT2D eigenvalue weighted by molar-refractivity contribution is -0.159. The number of nitrogens with zero attached hydrogens (tertiary/aromatic N) is 2. The van der Waals surface area contributed by atoms with Crippen molar-refractivity contribution in [2.45, 2.75) is 43.8 Å². The van der Waals surface area contributed by atoms with Crippen LogP contribution < -0.4 is 0 Å². The molecular weight excluding hydrogens is 230 g/mol. The third-order valence-corrected chi connectivity index (χ3v) is 4.73. The molecule has 4 unspecified atom stereocenters. The Morgan fingerprint density at radius 2 is 2.29 bits per heavy atom. The first-order chi connectivity index (χ1) is 7.95. The minimum atomic E-state index is -1.71. The van der Waals surface area contributed by atoms with Gasteiger partial charge in [-0.25, -0.2) is 18.5 Å². The fourth-order valence-corrected chi connectivity index (χ4v) is 3.42. The number of likely N-dealkylation sites (tertiary alicyclic amines) is 2. The molecule has 2 saturated heterocycles. The Hall–Kier alpha value is -0.910. The number of carbonyl (C=O) groups is 1. The zero-order chi connectivity index (χ0) is 12.4. The van der Waals surface area contributed by atoms with Crippen molar-refractivity contribution >= 4 is 6.09 Å². The number of alkyl halides is 2. The van der Waals surface area contributed by atoms with Gasteiger partial charge in [0.1, 0.15) is 5.66 Å². The average molecular weight is 246 g/mol. The maximum absolute atomic E-state index is 14.1. The number of piperidine rings is 1. The molecule has 17 heavy (non-hydrogen) atoms. The predicted octanol–water partition coefficient (Wildman–Crippen LogP) is 1.82. The molecule has 4 atom stereocenters. The second-order valence-electron chi connectivity index (χ2n) is 5.34. The summed E-state index contributed by atoms with van der Waals surface area (Å²) in [4.78, 5) is 13.7. The van der Waals surface area contributed by atoms with E-state index in [0.717, 1.165) is 0 Å². The van der Waals surface area contributed by atoms with Crippen molar-refractivity contribution in [3.63, 3.8) is 0 Å². The topological polar surface area (TPSA) is 43.8 Å². The summed E-state index contributed by atoms with van der Waals surface area (Å²) in [6.07, 6.45) is -1.30. The van der Waals surface area contributed by atoms with Crippen LogP contribution in [0.1, 0.15) is 26.2 Å². The summed E-state index contributed by atoms with van der Waals surface area (Å²) in [6.45, 7) is 2.59. The second kappa shape index (κ2) is 3.10. The van der Waals surface area contributed by atoms with E-state index in [1.54, 1.807) is 0 Å². The van der Waals surface area contributed by atoms with Gasteiger partial charge in [-0.15, -0.1) is 0 Å². The van der Waals surface area contributed by atoms with Crippen LogP contribution in [0.4, 0.5) is 13.6 Å². The summed E-state index contributed by atoms with van der Waals surface area (Å²) in [5.41, 5.74) is -2.51. The van der Waals surface area contributed by atoms with Crippen molar-refractivity contribution in [2.24, 2.45) is 5.92 Å². The highest BCUT2D eigenvalue weighted by Gasteiger charge is 2.72. The Labute approximate surface area is 98.2 Å². The summed E-state index contributed by atoms with van der Waals surface area (Å²) in [5.74, 6) is -0.239. The van der Waals surface area contributed by atoms with E-state index in [1.165, 1.54) is 9.80 Å². The fourth-order valence-electron chi connectivity index (χ4n) is 3.42. The zero-order valence-electron chi connectivity index (χ0n) is 9.70. The fraction of sp³-hybridized carbons (Fsp3) is 0.909. The van der Waals surface area contributed by atoms with Crippen molar-refractivity contribution in [1.82, 2.24) is 9.80 Å². The van der Waals surface area contributed by atoms with Crippen LogP contribution in [0.2, 0.25) is 0 Å². The molecule has 0 spiro atoms. The summed E-state index contributed by atoms with van der Waals surface area (Å²) in [7, 11) is 0. The molecule has 0 aromatic heterocycles. The van der Waals surface area contributed by atoms with Gasteiger partial charge in [0.05, 0.1) is 0 Å². The molecule has 96 valence electrons. The van der Waals surface area contributed by atoms with Crippen molar-refractivity contribution < 1.29 is 18.7 Å². The molecule has 1 saturated carbocycles. The van der Waals surface area contributed by atoms with Gasteiger partial charge in [0.25, 0.3) is 0 Å². The molecule has 3 rings (SSSR count). The van der Waals surface area contributed by atoms with E-state index < -0.39 is 23.7 Å². The van der Waals surface area contributed by atoms with Gasteiger partial charge in [-0.1, -0.05) is 6.92 Å². The summed E-state index contributed by atoms with van der Waals surface area (Å²) in [5, 5.41) is 9.07. The molecule has 0 bridgehead atoms. The van der Waals surface area contributed by atoms with Gasteiger partial charge in [0, 0.05) is 25.4 Å². The first kappa shape index (κ1) is 11.2. The molecule has 1 aliphatic carbocycles. The Morgan fingerprint density at radius 3 is 2.65 bits per heavy atom. The molecular formula is C11H16F2N2O2. The minimum Gasteiger partial charge on any atom is -0.465 e. The SMILES string of the molecule is CCC1(N2CC3CC3(F)C2F)CCN1C(=O)O. The smallest absolute Gasteiger partial charge is 0.408 e. The number of halogens is 2. The third kappa shape index (κ3) is 1.17. The van der Waals surface area contributed by atoms with E-state index in [4.69, 9.17) is 5.11 Å². The van der Waals surface area contributed by atoms with E-state index in [2.05, 4.69) is 0 Å². The van der Waals surface area contributed by atoms with Gasteiger partial charge in [-0.05, 0) is 12.8 Å². The van der Waals surface area contributed by atoms with Gasteiger partial charge >= 0.3 is 6.09 Å². The van der Waals surface area contributed by atoms with Crippen LogP contribution in [-0.4, -0.2) is 51.7 Å².